The van der Waals surface area contributed by atoms with Gasteiger partial charge in [-0.2, -0.15) is 5.26 Å². The Morgan fingerprint density at radius 2 is 1.65 bits per heavy atom. The molecule has 0 aliphatic rings. The van der Waals surface area contributed by atoms with Crippen LogP contribution in [-0.4, -0.2) is 25.2 Å². The average molecular weight is 353 g/mol. The lowest BCUT2D eigenvalue weighted by atomic mass is 10.2. The Kier molecular flexibility index (Phi) is 6.86. The maximum atomic E-state index is 12.5. The topological polar surface area (TPSA) is 83.4 Å². The van der Waals surface area contributed by atoms with Crippen LogP contribution in [0, 0.1) is 11.3 Å². The first-order chi connectivity index (χ1) is 12.6. The maximum absolute atomic E-state index is 12.5. The fourth-order valence-corrected chi connectivity index (χ4v) is 2.37. The molecule has 136 valence electrons. The predicted molar refractivity (Wildman–Crippen MR) is 102 cm³/mol. The van der Waals surface area contributed by atoms with E-state index in [4.69, 9.17) is 14.7 Å². The first-order valence-electron chi connectivity index (χ1n) is 8.55. The molecule has 0 saturated carbocycles. The number of nitriles is 1. The summed E-state index contributed by atoms with van der Waals surface area (Å²) in [5, 5.41) is 15.0. The van der Waals surface area contributed by atoms with Gasteiger partial charge in [-0.15, -0.1) is 0 Å². The molecule has 1 atom stereocenters. The third kappa shape index (κ3) is 4.90. The van der Waals surface area contributed by atoms with E-state index in [2.05, 4.69) is 16.7 Å². The predicted octanol–water partition coefficient (Wildman–Crippen LogP) is 4.06. The highest BCUT2D eigenvalue weighted by molar-refractivity contribution is 6.05. The van der Waals surface area contributed by atoms with Gasteiger partial charge < -0.3 is 20.1 Å². The summed E-state index contributed by atoms with van der Waals surface area (Å²) in [5.41, 5.74) is 1.70. The molecule has 0 aliphatic heterocycles. The molecule has 6 nitrogen and oxygen atoms in total. The van der Waals surface area contributed by atoms with E-state index in [1.807, 2.05) is 19.9 Å². The highest BCUT2D eigenvalue weighted by Crippen LogP contribution is 2.37. The Balaban J connectivity index is 2.38. The van der Waals surface area contributed by atoms with Crippen LogP contribution in [0.25, 0.3) is 0 Å². The number of hydrogen-bond acceptors (Lipinski definition) is 5. The molecule has 2 rings (SSSR count). The molecular weight excluding hydrogens is 330 g/mol. The van der Waals surface area contributed by atoms with Crippen LogP contribution in [0.15, 0.2) is 42.5 Å². The van der Waals surface area contributed by atoms with Crippen molar-refractivity contribution >= 4 is 17.3 Å². The van der Waals surface area contributed by atoms with Crippen LogP contribution >= 0.6 is 0 Å². The van der Waals surface area contributed by atoms with Crippen LogP contribution < -0.4 is 20.1 Å². The zero-order valence-corrected chi connectivity index (χ0v) is 15.2. The van der Waals surface area contributed by atoms with Gasteiger partial charge in [0.15, 0.2) is 0 Å². The van der Waals surface area contributed by atoms with Crippen molar-refractivity contribution in [2.24, 2.45) is 0 Å². The van der Waals surface area contributed by atoms with Crippen molar-refractivity contribution in [3.8, 4) is 17.6 Å². The maximum Gasteiger partial charge on any atom is 0.255 e. The SMILES string of the molecule is CCOc1cc(N[C@@H](C)C#N)c(OCC)cc1NC(=O)c1ccccc1. The quantitative estimate of drug-likeness (QED) is 0.748. The first kappa shape index (κ1) is 19.1. The van der Waals surface area contributed by atoms with Crippen LogP contribution in [0.2, 0.25) is 0 Å². The molecule has 0 bridgehead atoms. The summed E-state index contributed by atoms with van der Waals surface area (Å²) in [6.07, 6.45) is 0. The van der Waals surface area contributed by atoms with E-state index in [0.29, 0.717) is 41.7 Å². The van der Waals surface area contributed by atoms with Gasteiger partial charge in [0.2, 0.25) is 0 Å². The zero-order chi connectivity index (χ0) is 18.9. The summed E-state index contributed by atoms with van der Waals surface area (Å²) in [7, 11) is 0. The second-order valence-corrected chi connectivity index (χ2v) is 5.53. The third-order valence-corrected chi connectivity index (χ3v) is 3.53. The lowest BCUT2D eigenvalue weighted by Crippen LogP contribution is -2.16. The van der Waals surface area contributed by atoms with E-state index < -0.39 is 6.04 Å². The Labute approximate surface area is 153 Å². The highest BCUT2D eigenvalue weighted by atomic mass is 16.5. The molecule has 0 aromatic heterocycles. The number of ether oxygens (including phenoxy) is 2. The second-order valence-electron chi connectivity index (χ2n) is 5.53. The summed E-state index contributed by atoms with van der Waals surface area (Å²) in [5.74, 6) is 0.814. The number of carbonyl (C=O) groups is 1. The van der Waals surface area contributed by atoms with Gasteiger partial charge in [0, 0.05) is 17.7 Å². The molecule has 0 aliphatic carbocycles. The third-order valence-electron chi connectivity index (χ3n) is 3.53. The highest BCUT2D eigenvalue weighted by Gasteiger charge is 2.16. The molecule has 0 saturated heterocycles. The molecule has 2 aromatic carbocycles. The fraction of sp³-hybridized carbons (Fsp3) is 0.300. The van der Waals surface area contributed by atoms with Crippen LogP contribution in [0.3, 0.4) is 0 Å². The summed E-state index contributed by atoms with van der Waals surface area (Å²) in [6, 6.07) is 14.1. The Morgan fingerprint density at radius 3 is 2.23 bits per heavy atom. The molecule has 2 N–H and O–H groups in total. The molecule has 0 unspecified atom stereocenters. The van der Waals surface area contributed by atoms with Crippen molar-refractivity contribution in [3.05, 3.63) is 48.0 Å². The summed E-state index contributed by atoms with van der Waals surface area (Å²) < 4.78 is 11.3. The number of hydrogen-bond donors (Lipinski definition) is 2. The summed E-state index contributed by atoms with van der Waals surface area (Å²) in [4.78, 5) is 12.5. The van der Waals surface area contributed by atoms with Gasteiger partial charge in [0.1, 0.15) is 17.5 Å². The number of nitrogens with zero attached hydrogens (tertiary/aromatic N) is 1. The van der Waals surface area contributed by atoms with Gasteiger partial charge in [-0.1, -0.05) is 18.2 Å². The molecule has 0 heterocycles. The van der Waals surface area contributed by atoms with Crippen LogP contribution in [0.5, 0.6) is 11.5 Å². The monoisotopic (exact) mass is 353 g/mol. The second kappa shape index (κ2) is 9.33. The number of anilines is 2. The Bertz CT molecular complexity index is 785. The lowest BCUT2D eigenvalue weighted by Gasteiger charge is -2.19. The van der Waals surface area contributed by atoms with E-state index >= 15 is 0 Å². The summed E-state index contributed by atoms with van der Waals surface area (Å²) in [6.45, 7) is 6.38. The van der Waals surface area contributed by atoms with Gasteiger partial charge in [0.05, 0.1) is 30.7 Å². The molecule has 0 radical (unpaired) electrons. The van der Waals surface area contributed by atoms with Crippen LogP contribution in [-0.2, 0) is 0 Å². The van der Waals surface area contributed by atoms with E-state index in [1.54, 1.807) is 43.3 Å². The number of rotatable bonds is 8. The van der Waals surface area contributed by atoms with Crippen molar-refractivity contribution in [3.63, 3.8) is 0 Å². The standard InChI is InChI=1S/C20H23N3O3/c1-4-25-18-12-17(23-20(24)15-9-7-6-8-10-15)19(26-5-2)11-16(18)22-14(3)13-21/h6-12,14,22H,4-5H2,1-3H3,(H,23,24)/t14-/m0/s1. The molecule has 2 aromatic rings. The van der Waals surface area contributed by atoms with Gasteiger partial charge in [-0.05, 0) is 32.9 Å². The van der Waals surface area contributed by atoms with Gasteiger partial charge >= 0.3 is 0 Å². The Morgan fingerprint density at radius 1 is 1.08 bits per heavy atom. The molecule has 1 amide bonds. The van der Waals surface area contributed by atoms with E-state index in [1.165, 1.54) is 0 Å². The van der Waals surface area contributed by atoms with Crippen molar-refractivity contribution in [1.82, 2.24) is 0 Å². The van der Waals surface area contributed by atoms with E-state index in [9.17, 15) is 4.79 Å². The minimum atomic E-state index is -0.395. The van der Waals surface area contributed by atoms with Crippen molar-refractivity contribution < 1.29 is 14.3 Å². The first-order valence-corrected chi connectivity index (χ1v) is 8.55. The van der Waals surface area contributed by atoms with Gasteiger partial charge in [-0.25, -0.2) is 0 Å². The van der Waals surface area contributed by atoms with Crippen LogP contribution in [0.1, 0.15) is 31.1 Å². The molecular formula is C20H23N3O3. The number of amides is 1. The molecule has 26 heavy (non-hydrogen) atoms. The normalized spacial score (nSPS) is 11.2. The van der Waals surface area contributed by atoms with Crippen molar-refractivity contribution in [1.29, 1.82) is 5.26 Å². The van der Waals surface area contributed by atoms with Crippen molar-refractivity contribution in [2.75, 3.05) is 23.8 Å². The average Bonchev–Trinajstić information content (AvgIpc) is 2.65. The van der Waals surface area contributed by atoms with Crippen molar-refractivity contribution in [2.45, 2.75) is 26.8 Å². The fourth-order valence-electron chi connectivity index (χ4n) is 2.37. The van der Waals surface area contributed by atoms with Gasteiger partial charge in [-0.3, -0.25) is 4.79 Å². The molecule has 6 heteroatoms. The Hall–Kier alpha value is -3.20. The zero-order valence-electron chi connectivity index (χ0n) is 15.2. The van der Waals surface area contributed by atoms with E-state index in [0.717, 1.165) is 0 Å². The number of carbonyl (C=O) groups excluding carboxylic acids is 1. The van der Waals surface area contributed by atoms with Gasteiger partial charge in [0.25, 0.3) is 5.91 Å². The van der Waals surface area contributed by atoms with Crippen LogP contribution in [0.4, 0.5) is 11.4 Å². The van der Waals surface area contributed by atoms with E-state index in [-0.39, 0.29) is 5.91 Å². The largest absolute Gasteiger partial charge is 0.492 e. The summed E-state index contributed by atoms with van der Waals surface area (Å²) >= 11 is 0. The number of nitrogens with one attached hydrogen (secondary N) is 2. The number of benzene rings is 2. The minimum absolute atomic E-state index is 0.236. The lowest BCUT2D eigenvalue weighted by molar-refractivity contribution is 0.102. The minimum Gasteiger partial charge on any atom is -0.492 e. The smallest absolute Gasteiger partial charge is 0.255 e. The molecule has 0 fully saturated rings. The molecule has 0 spiro atoms.